The number of aryl methyl sites for hydroxylation is 1. The number of H-pyrrole nitrogens is 1. The molecule has 0 amide bonds. The summed E-state index contributed by atoms with van der Waals surface area (Å²) in [6.07, 6.45) is 4.34. The van der Waals surface area contributed by atoms with Crippen LogP contribution < -0.4 is 0 Å². The molecular formula is C17H22N6. The number of piperidine rings is 1. The molecule has 6 nitrogen and oxygen atoms in total. The van der Waals surface area contributed by atoms with Gasteiger partial charge in [-0.3, -0.25) is 5.10 Å². The highest BCUT2D eigenvalue weighted by Crippen LogP contribution is 2.24. The number of likely N-dealkylation sites (tertiary alicyclic amines) is 1. The zero-order chi connectivity index (χ0) is 15.6. The molecule has 1 aliphatic rings. The summed E-state index contributed by atoms with van der Waals surface area (Å²) in [7, 11) is 0. The van der Waals surface area contributed by atoms with E-state index >= 15 is 0 Å². The van der Waals surface area contributed by atoms with E-state index in [4.69, 9.17) is 0 Å². The topological polar surface area (TPSA) is 62.6 Å². The van der Waals surface area contributed by atoms with E-state index < -0.39 is 0 Å². The van der Waals surface area contributed by atoms with E-state index in [1.165, 1.54) is 18.4 Å². The normalized spacial score (nSPS) is 19.4. The average molecular weight is 310 g/mol. The fourth-order valence-electron chi connectivity index (χ4n) is 3.45. The van der Waals surface area contributed by atoms with Crippen LogP contribution >= 0.6 is 0 Å². The number of rotatable bonds is 4. The van der Waals surface area contributed by atoms with Gasteiger partial charge in [-0.2, -0.15) is 5.10 Å². The molecule has 0 radical (unpaired) electrons. The first-order valence-electron chi connectivity index (χ1n) is 8.31. The van der Waals surface area contributed by atoms with Crippen LogP contribution in [0.1, 0.15) is 30.4 Å². The van der Waals surface area contributed by atoms with E-state index in [2.05, 4.69) is 47.8 Å². The van der Waals surface area contributed by atoms with Gasteiger partial charge in [0.05, 0.1) is 17.4 Å². The number of para-hydroxylation sites is 2. The minimum absolute atomic E-state index is 0.452. The number of benzene rings is 1. The number of nitrogens with zero attached hydrogens (tertiary/aromatic N) is 5. The summed E-state index contributed by atoms with van der Waals surface area (Å²) in [4.78, 5) is 11.5. The molecule has 3 aromatic rings. The van der Waals surface area contributed by atoms with Crippen LogP contribution in [-0.4, -0.2) is 49.3 Å². The highest BCUT2D eigenvalue weighted by molar-refractivity contribution is 5.74. The SMILES string of the molecule is Cc1nc([C@@H]2CCCN(CCn3cnc4ccccc43)C2)n[nH]1. The zero-order valence-electron chi connectivity index (χ0n) is 13.4. The van der Waals surface area contributed by atoms with Crippen LogP contribution in [0.3, 0.4) is 0 Å². The summed E-state index contributed by atoms with van der Waals surface area (Å²) in [5.41, 5.74) is 2.28. The molecule has 2 aromatic heterocycles. The molecule has 1 aliphatic heterocycles. The Morgan fingerprint density at radius 1 is 1.26 bits per heavy atom. The highest BCUT2D eigenvalue weighted by Gasteiger charge is 2.24. The molecule has 1 N–H and O–H groups in total. The van der Waals surface area contributed by atoms with Crippen LogP contribution in [0.2, 0.25) is 0 Å². The maximum Gasteiger partial charge on any atom is 0.155 e. The number of aromatic nitrogens is 5. The predicted octanol–water partition coefficient (Wildman–Crippen LogP) is 2.34. The molecule has 0 bridgehead atoms. The molecule has 0 aliphatic carbocycles. The molecule has 0 unspecified atom stereocenters. The zero-order valence-corrected chi connectivity index (χ0v) is 13.4. The molecule has 1 atom stereocenters. The third-order valence-corrected chi connectivity index (χ3v) is 4.67. The first-order chi connectivity index (χ1) is 11.3. The van der Waals surface area contributed by atoms with Gasteiger partial charge in [0, 0.05) is 25.6 Å². The second kappa shape index (κ2) is 6.12. The Bertz CT molecular complexity index is 789. The fraction of sp³-hybridized carbons (Fsp3) is 0.471. The van der Waals surface area contributed by atoms with E-state index in [0.29, 0.717) is 5.92 Å². The van der Waals surface area contributed by atoms with Gasteiger partial charge in [-0.15, -0.1) is 0 Å². The summed E-state index contributed by atoms with van der Waals surface area (Å²) in [6.45, 7) is 6.18. The van der Waals surface area contributed by atoms with E-state index in [1.54, 1.807) is 0 Å². The Hall–Kier alpha value is -2.21. The van der Waals surface area contributed by atoms with E-state index in [1.807, 2.05) is 19.3 Å². The number of hydrogen-bond donors (Lipinski definition) is 1. The molecule has 1 saturated heterocycles. The van der Waals surface area contributed by atoms with Gasteiger partial charge in [-0.25, -0.2) is 9.97 Å². The lowest BCUT2D eigenvalue weighted by molar-refractivity contribution is 0.198. The number of aromatic amines is 1. The fourth-order valence-corrected chi connectivity index (χ4v) is 3.45. The Balaban J connectivity index is 1.41. The van der Waals surface area contributed by atoms with Crippen LogP contribution in [0.15, 0.2) is 30.6 Å². The third-order valence-electron chi connectivity index (χ3n) is 4.67. The molecule has 1 fully saturated rings. The molecular weight excluding hydrogens is 288 g/mol. The molecule has 120 valence electrons. The first kappa shape index (κ1) is 14.4. The summed E-state index contributed by atoms with van der Waals surface area (Å²) in [5.74, 6) is 2.33. The maximum absolute atomic E-state index is 4.51. The summed E-state index contributed by atoms with van der Waals surface area (Å²) >= 11 is 0. The second-order valence-electron chi connectivity index (χ2n) is 6.35. The maximum atomic E-state index is 4.51. The van der Waals surface area contributed by atoms with Gasteiger partial charge in [0.1, 0.15) is 5.82 Å². The number of nitrogens with one attached hydrogen (secondary N) is 1. The lowest BCUT2D eigenvalue weighted by Crippen LogP contribution is -2.36. The standard InChI is InChI=1S/C17H22N6/c1-13-19-17(21-20-13)14-5-4-8-22(11-14)9-10-23-12-18-15-6-2-3-7-16(15)23/h2-3,6-7,12,14H,4-5,8-11H2,1H3,(H,19,20,21)/t14-/m1/s1. The van der Waals surface area contributed by atoms with Crippen LogP contribution in [0.4, 0.5) is 0 Å². The van der Waals surface area contributed by atoms with Crippen LogP contribution in [0.5, 0.6) is 0 Å². The Morgan fingerprint density at radius 2 is 2.17 bits per heavy atom. The molecule has 0 saturated carbocycles. The van der Waals surface area contributed by atoms with Gasteiger partial charge in [0.15, 0.2) is 5.82 Å². The number of fused-ring (bicyclic) bond motifs is 1. The molecule has 1 aromatic carbocycles. The van der Waals surface area contributed by atoms with Crippen molar-refractivity contribution in [2.45, 2.75) is 32.2 Å². The molecule has 6 heteroatoms. The van der Waals surface area contributed by atoms with Crippen molar-refractivity contribution >= 4 is 11.0 Å². The van der Waals surface area contributed by atoms with Crippen molar-refractivity contribution in [1.82, 2.24) is 29.6 Å². The third kappa shape index (κ3) is 2.99. The van der Waals surface area contributed by atoms with Gasteiger partial charge in [0.2, 0.25) is 0 Å². The van der Waals surface area contributed by atoms with E-state index in [0.717, 1.165) is 43.3 Å². The lowest BCUT2D eigenvalue weighted by atomic mass is 9.97. The Morgan fingerprint density at radius 3 is 3.04 bits per heavy atom. The van der Waals surface area contributed by atoms with Crippen molar-refractivity contribution in [3.05, 3.63) is 42.2 Å². The van der Waals surface area contributed by atoms with Crippen LogP contribution in [-0.2, 0) is 6.54 Å². The van der Waals surface area contributed by atoms with Gasteiger partial charge in [0.25, 0.3) is 0 Å². The minimum atomic E-state index is 0.452. The highest BCUT2D eigenvalue weighted by atomic mass is 15.2. The van der Waals surface area contributed by atoms with Crippen LogP contribution in [0.25, 0.3) is 11.0 Å². The molecule has 3 heterocycles. The van der Waals surface area contributed by atoms with Crippen molar-refractivity contribution < 1.29 is 0 Å². The van der Waals surface area contributed by atoms with Gasteiger partial charge in [-0.05, 0) is 38.4 Å². The van der Waals surface area contributed by atoms with E-state index in [-0.39, 0.29) is 0 Å². The van der Waals surface area contributed by atoms with Gasteiger partial charge >= 0.3 is 0 Å². The van der Waals surface area contributed by atoms with Gasteiger partial charge < -0.3 is 9.47 Å². The smallest absolute Gasteiger partial charge is 0.155 e. The van der Waals surface area contributed by atoms with Crippen molar-refractivity contribution in [1.29, 1.82) is 0 Å². The Labute approximate surface area is 135 Å². The Kier molecular flexibility index (Phi) is 3.83. The first-order valence-corrected chi connectivity index (χ1v) is 8.31. The average Bonchev–Trinajstić information content (AvgIpc) is 3.20. The minimum Gasteiger partial charge on any atom is -0.329 e. The predicted molar refractivity (Wildman–Crippen MR) is 89.3 cm³/mol. The number of hydrogen-bond acceptors (Lipinski definition) is 4. The van der Waals surface area contributed by atoms with Crippen LogP contribution in [0, 0.1) is 6.92 Å². The summed E-state index contributed by atoms with van der Waals surface area (Å²) < 4.78 is 2.25. The van der Waals surface area contributed by atoms with E-state index in [9.17, 15) is 0 Å². The molecule has 0 spiro atoms. The summed E-state index contributed by atoms with van der Waals surface area (Å²) in [6, 6.07) is 8.31. The van der Waals surface area contributed by atoms with Crippen molar-refractivity contribution in [2.75, 3.05) is 19.6 Å². The molecule has 4 rings (SSSR count). The largest absolute Gasteiger partial charge is 0.329 e. The van der Waals surface area contributed by atoms with Crippen molar-refractivity contribution in [2.24, 2.45) is 0 Å². The van der Waals surface area contributed by atoms with Gasteiger partial charge in [-0.1, -0.05) is 12.1 Å². The number of imidazole rings is 1. The quantitative estimate of drug-likeness (QED) is 0.803. The lowest BCUT2D eigenvalue weighted by Gasteiger charge is -2.31. The van der Waals surface area contributed by atoms with Crippen molar-refractivity contribution in [3.63, 3.8) is 0 Å². The molecule has 23 heavy (non-hydrogen) atoms. The summed E-state index contributed by atoms with van der Waals surface area (Å²) in [5, 5.41) is 7.31. The van der Waals surface area contributed by atoms with Crippen molar-refractivity contribution in [3.8, 4) is 0 Å². The monoisotopic (exact) mass is 310 g/mol. The second-order valence-corrected chi connectivity index (χ2v) is 6.35.